The molecule has 0 bridgehead atoms. The van der Waals surface area contributed by atoms with E-state index in [-0.39, 0.29) is 17.9 Å². The smallest absolute Gasteiger partial charge is 0.251 e. The number of nitrogens with one attached hydrogen (secondary N) is 1. The third kappa shape index (κ3) is 4.93. The van der Waals surface area contributed by atoms with Crippen molar-refractivity contribution in [2.45, 2.75) is 25.9 Å². The third-order valence-electron chi connectivity index (χ3n) is 3.96. The molecule has 1 aliphatic rings. The van der Waals surface area contributed by atoms with Crippen LogP contribution in [0.4, 0.5) is 0 Å². The Morgan fingerprint density at radius 3 is 2.65 bits per heavy atom. The maximum Gasteiger partial charge on any atom is 0.251 e. The molecular formula is C18H24N2O3. The van der Waals surface area contributed by atoms with Gasteiger partial charge in [-0.2, -0.15) is 0 Å². The molecule has 1 atom stereocenters. The highest BCUT2D eigenvalue weighted by atomic mass is 16.5. The number of rotatable bonds is 6. The van der Waals surface area contributed by atoms with Gasteiger partial charge in [-0.15, -0.1) is 0 Å². The highest BCUT2D eigenvalue weighted by Gasteiger charge is 2.20. The number of hydrogen-bond donors (Lipinski definition) is 1. The van der Waals surface area contributed by atoms with Crippen molar-refractivity contribution in [2.24, 2.45) is 0 Å². The molecule has 124 valence electrons. The molecule has 5 nitrogen and oxygen atoms in total. The molecule has 1 saturated heterocycles. The molecule has 1 aromatic rings. The zero-order chi connectivity index (χ0) is 16.7. The molecular weight excluding hydrogens is 292 g/mol. The van der Waals surface area contributed by atoms with Gasteiger partial charge in [0.2, 0.25) is 5.91 Å². The predicted molar refractivity (Wildman–Crippen MR) is 90.1 cm³/mol. The quantitative estimate of drug-likeness (QED) is 0.818. The Bertz CT molecular complexity index is 560. The van der Waals surface area contributed by atoms with Gasteiger partial charge in [0.15, 0.2) is 0 Å². The molecule has 0 radical (unpaired) electrons. The summed E-state index contributed by atoms with van der Waals surface area (Å²) in [6, 6.07) is 7.13. The lowest BCUT2D eigenvalue weighted by Gasteiger charge is -2.22. The van der Waals surface area contributed by atoms with E-state index in [4.69, 9.17) is 4.74 Å². The van der Waals surface area contributed by atoms with Crippen LogP contribution in [0.3, 0.4) is 0 Å². The molecule has 0 aromatic heterocycles. The molecule has 2 amide bonds. The zero-order valence-corrected chi connectivity index (χ0v) is 13.7. The number of ether oxygens (including phenoxy) is 1. The molecule has 1 N–H and O–H groups in total. The van der Waals surface area contributed by atoms with Crippen LogP contribution in [0.5, 0.6) is 0 Å². The molecule has 23 heavy (non-hydrogen) atoms. The van der Waals surface area contributed by atoms with Gasteiger partial charge in [0.05, 0.1) is 6.10 Å². The van der Waals surface area contributed by atoms with Crippen LogP contribution in [0.1, 0.15) is 35.7 Å². The second-order valence-corrected chi connectivity index (χ2v) is 5.55. The van der Waals surface area contributed by atoms with Gasteiger partial charge in [0, 0.05) is 38.4 Å². The van der Waals surface area contributed by atoms with Crippen LogP contribution in [0.15, 0.2) is 30.3 Å². The van der Waals surface area contributed by atoms with Gasteiger partial charge in [0.25, 0.3) is 5.91 Å². The first kappa shape index (κ1) is 17.2. The fourth-order valence-corrected chi connectivity index (χ4v) is 2.57. The minimum Gasteiger partial charge on any atom is -0.376 e. The van der Waals surface area contributed by atoms with Crippen molar-refractivity contribution in [1.29, 1.82) is 0 Å². The fraction of sp³-hybridized carbons (Fsp3) is 0.444. The van der Waals surface area contributed by atoms with Crippen LogP contribution in [0, 0.1) is 0 Å². The number of carbonyl (C=O) groups is 2. The lowest BCUT2D eigenvalue weighted by atomic mass is 10.1. The number of amides is 2. The first-order chi connectivity index (χ1) is 11.1. The SMILES string of the molecule is CCN(C[C@@H]1CCCO1)C(=O)/C=C/c1ccc(C(=O)NC)cc1. The summed E-state index contributed by atoms with van der Waals surface area (Å²) in [6.07, 6.45) is 5.61. The van der Waals surface area contributed by atoms with Crippen LogP contribution in [0.2, 0.25) is 0 Å². The maximum absolute atomic E-state index is 12.3. The summed E-state index contributed by atoms with van der Waals surface area (Å²) < 4.78 is 5.59. The van der Waals surface area contributed by atoms with Gasteiger partial charge in [0.1, 0.15) is 0 Å². The van der Waals surface area contributed by atoms with Crippen molar-refractivity contribution in [3.63, 3.8) is 0 Å². The Hall–Kier alpha value is -2.14. The number of benzene rings is 1. The molecule has 0 spiro atoms. The summed E-state index contributed by atoms with van der Waals surface area (Å²) in [6.45, 7) is 4.08. The third-order valence-corrected chi connectivity index (χ3v) is 3.96. The van der Waals surface area contributed by atoms with Crippen molar-refractivity contribution in [2.75, 3.05) is 26.7 Å². The van der Waals surface area contributed by atoms with Crippen LogP contribution in [-0.4, -0.2) is 49.6 Å². The Morgan fingerprint density at radius 1 is 1.35 bits per heavy atom. The van der Waals surface area contributed by atoms with E-state index in [1.54, 1.807) is 36.2 Å². The molecule has 5 heteroatoms. The summed E-state index contributed by atoms with van der Waals surface area (Å²) in [5.74, 6) is -0.135. The van der Waals surface area contributed by atoms with E-state index in [1.165, 1.54) is 0 Å². The van der Waals surface area contributed by atoms with Crippen molar-refractivity contribution < 1.29 is 14.3 Å². The van der Waals surface area contributed by atoms with E-state index in [9.17, 15) is 9.59 Å². The predicted octanol–water partition coefficient (Wildman–Crippen LogP) is 2.09. The summed E-state index contributed by atoms with van der Waals surface area (Å²) in [7, 11) is 1.60. The molecule has 0 saturated carbocycles. The zero-order valence-electron chi connectivity index (χ0n) is 13.7. The average Bonchev–Trinajstić information content (AvgIpc) is 3.10. The largest absolute Gasteiger partial charge is 0.376 e. The van der Waals surface area contributed by atoms with Crippen LogP contribution in [0.25, 0.3) is 6.08 Å². The fourth-order valence-electron chi connectivity index (χ4n) is 2.57. The number of nitrogens with zero attached hydrogens (tertiary/aromatic N) is 1. The standard InChI is InChI=1S/C18H24N2O3/c1-3-20(13-16-5-4-12-23-16)17(21)11-8-14-6-9-15(10-7-14)18(22)19-2/h6-11,16H,3-5,12-13H2,1-2H3,(H,19,22)/b11-8+/t16-/m0/s1. The van der Waals surface area contributed by atoms with E-state index in [1.807, 2.05) is 19.1 Å². The van der Waals surface area contributed by atoms with E-state index >= 15 is 0 Å². The lowest BCUT2D eigenvalue weighted by molar-refractivity contribution is -0.127. The lowest BCUT2D eigenvalue weighted by Crippen LogP contribution is -2.36. The molecule has 1 aliphatic heterocycles. The molecule has 1 fully saturated rings. The average molecular weight is 316 g/mol. The number of carbonyl (C=O) groups excluding carboxylic acids is 2. The van der Waals surface area contributed by atoms with Crippen LogP contribution < -0.4 is 5.32 Å². The summed E-state index contributed by atoms with van der Waals surface area (Å²) in [5.41, 5.74) is 1.49. The topological polar surface area (TPSA) is 58.6 Å². The van der Waals surface area contributed by atoms with Gasteiger partial charge >= 0.3 is 0 Å². The monoisotopic (exact) mass is 316 g/mol. The Labute approximate surface area is 137 Å². The van der Waals surface area contributed by atoms with E-state index < -0.39 is 0 Å². The normalized spacial score (nSPS) is 17.4. The van der Waals surface area contributed by atoms with Crippen molar-refractivity contribution in [3.05, 3.63) is 41.5 Å². The number of hydrogen-bond acceptors (Lipinski definition) is 3. The molecule has 1 heterocycles. The van der Waals surface area contributed by atoms with Gasteiger partial charge in [-0.3, -0.25) is 9.59 Å². The first-order valence-corrected chi connectivity index (χ1v) is 8.04. The number of likely N-dealkylation sites (N-methyl/N-ethyl adjacent to an activating group) is 1. The Morgan fingerprint density at radius 2 is 2.09 bits per heavy atom. The van der Waals surface area contributed by atoms with Gasteiger partial charge in [-0.05, 0) is 43.5 Å². The van der Waals surface area contributed by atoms with Crippen molar-refractivity contribution in [3.8, 4) is 0 Å². The molecule has 2 rings (SSSR count). The maximum atomic E-state index is 12.3. The second-order valence-electron chi connectivity index (χ2n) is 5.55. The highest BCUT2D eigenvalue weighted by molar-refractivity contribution is 5.94. The molecule has 0 aliphatic carbocycles. The summed E-state index contributed by atoms with van der Waals surface area (Å²) in [4.78, 5) is 25.6. The minimum atomic E-state index is -0.120. The Balaban J connectivity index is 1.94. The van der Waals surface area contributed by atoms with Crippen molar-refractivity contribution >= 4 is 17.9 Å². The summed E-state index contributed by atoms with van der Waals surface area (Å²) >= 11 is 0. The van der Waals surface area contributed by atoms with Crippen molar-refractivity contribution in [1.82, 2.24) is 10.2 Å². The van der Waals surface area contributed by atoms with E-state index in [2.05, 4.69) is 5.32 Å². The van der Waals surface area contributed by atoms with Gasteiger partial charge in [-0.25, -0.2) is 0 Å². The van der Waals surface area contributed by atoms with Gasteiger partial charge < -0.3 is 15.0 Å². The van der Waals surface area contributed by atoms with E-state index in [0.717, 1.165) is 25.0 Å². The first-order valence-electron chi connectivity index (χ1n) is 8.04. The van der Waals surface area contributed by atoms with Gasteiger partial charge in [-0.1, -0.05) is 12.1 Å². The van der Waals surface area contributed by atoms with Crippen LogP contribution >= 0.6 is 0 Å². The molecule has 0 unspecified atom stereocenters. The Kier molecular flexibility index (Phi) is 6.35. The van der Waals surface area contributed by atoms with Crippen LogP contribution in [-0.2, 0) is 9.53 Å². The molecule has 1 aromatic carbocycles. The minimum absolute atomic E-state index is 0.0154. The van der Waals surface area contributed by atoms with E-state index in [0.29, 0.717) is 18.7 Å². The highest BCUT2D eigenvalue weighted by Crippen LogP contribution is 2.14. The second kappa shape index (κ2) is 8.48. The summed E-state index contributed by atoms with van der Waals surface area (Å²) in [5, 5.41) is 2.58.